The summed E-state index contributed by atoms with van der Waals surface area (Å²) in [5, 5.41) is 8.82. The van der Waals surface area contributed by atoms with Crippen molar-refractivity contribution in [3.63, 3.8) is 0 Å². The Labute approximate surface area is 96.0 Å². The van der Waals surface area contributed by atoms with Crippen LogP contribution in [0.3, 0.4) is 0 Å². The Morgan fingerprint density at radius 1 is 1.31 bits per heavy atom. The molecule has 1 saturated carbocycles. The van der Waals surface area contributed by atoms with Crippen LogP contribution in [0.4, 0.5) is 0 Å². The summed E-state index contributed by atoms with van der Waals surface area (Å²) in [5.74, 6) is -1.19. The summed E-state index contributed by atoms with van der Waals surface area (Å²) in [6.45, 7) is 3.80. The summed E-state index contributed by atoms with van der Waals surface area (Å²) in [4.78, 5) is 22.2. The maximum absolute atomic E-state index is 11.5. The Morgan fingerprint density at radius 3 is 2.31 bits per heavy atom. The van der Waals surface area contributed by atoms with Gasteiger partial charge in [0.2, 0.25) is 0 Å². The van der Waals surface area contributed by atoms with E-state index in [0.717, 1.165) is 6.42 Å². The summed E-state index contributed by atoms with van der Waals surface area (Å²) >= 11 is 0. The summed E-state index contributed by atoms with van der Waals surface area (Å²) in [6, 6.07) is 0. The van der Waals surface area contributed by atoms with Crippen LogP contribution in [0.2, 0.25) is 0 Å². The van der Waals surface area contributed by atoms with Gasteiger partial charge >= 0.3 is 11.9 Å². The first-order valence-electron chi connectivity index (χ1n) is 5.97. The van der Waals surface area contributed by atoms with Crippen molar-refractivity contribution >= 4 is 11.9 Å². The van der Waals surface area contributed by atoms with Crippen molar-refractivity contribution in [1.82, 2.24) is 0 Å². The second kappa shape index (κ2) is 5.87. The molecule has 0 heterocycles. The monoisotopic (exact) mass is 228 g/mol. The molecule has 16 heavy (non-hydrogen) atoms. The van der Waals surface area contributed by atoms with E-state index in [9.17, 15) is 9.59 Å². The van der Waals surface area contributed by atoms with Crippen molar-refractivity contribution in [3.8, 4) is 0 Å². The van der Waals surface area contributed by atoms with Crippen LogP contribution < -0.4 is 0 Å². The number of carboxylic acids is 1. The molecule has 1 atom stereocenters. The van der Waals surface area contributed by atoms with Crippen LogP contribution in [0.25, 0.3) is 0 Å². The highest BCUT2D eigenvalue weighted by atomic mass is 16.5. The Hall–Kier alpha value is -1.06. The molecule has 1 N–H and O–H groups in total. The minimum atomic E-state index is -0.730. The summed E-state index contributed by atoms with van der Waals surface area (Å²) in [7, 11) is 0. The van der Waals surface area contributed by atoms with Gasteiger partial charge in [-0.2, -0.15) is 0 Å². The third-order valence-corrected chi connectivity index (χ3v) is 3.32. The Morgan fingerprint density at radius 2 is 1.88 bits per heavy atom. The maximum Gasteiger partial charge on any atom is 0.308 e. The number of hydrogen-bond acceptors (Lipinski definition) is 3. The average Bonchev–Trinajstić information content (AvgIpc) is 2.28. The van der Waals surface area contributed by atoms with Gasteiger partial charge in [-0.1, -0.05) is 13.8 Å². The van der Waals surface area contributed by atoms with Crippen LogP contribution in [-0.2, 0) is 14.3 Å². The van der Waals surface area contributed by atoms with Gasteiger partial charge in [0.25, 0.3) is 0 Å². The largest absolute Gasteiger partial charge is 0.481 e. The van der Waals surface area contributed by atoms with E-state index < -0.39 is 5.97 Å². The highest BCUT2D eigenvalue weighted by Gasteiger charge is 2.28. The fourth-order valence-electron chi connectivity index (χ4n) is 1.87. The van der Waals surface area contributed by atoms with E-state index in [4.69, 9.17) is 9.84 Å². The first-order chi connectivity index (χ1) is 7.54. The summed E-state index contributed by atoms with van der Waals surface area (Å²) in [5.41, 5.74) is 0. The van der Waals surface area contributed by atoms with Gasteiger partial charge in [-0.15, -0.1) is 0 Å². The minimum Gasteiger partial charge on any atom is -0.481 e. The normalized spacial score (nSPS) is 27.1. The molecule has 0 aliphatic heterocycles. The van der Waals surface area contributed by atoms with Crippen LogP contribution in [0.5, 0.6) is 0 Å². The number of ether oxygens (including phenoxy) is 1. The molecule has 1 fully saturated rings. The van der Waals surface area contributed by atoms with E-state index in [0.29, 0.717) is 25.7 Å². The minimum absolute atomic E-state index is 0.0582. The molecule has 4 heteroatoms. The standard InChI is InChI=1S/C12H20O4/c1-3-8(2)12(15)16-10-6-4-9(5-7-10)11(13)14/h8-10H,3-7H2,1-2H3,(H,13,14). The maximum atomic E-state index is 11.5. The van der Waals surface area contributed by atoms with Gasteiger partial charge in [-0.25, -0.2) is 0 Å². The van der Waals surface area contributed by atoms with E-state index in [1.54, 1.807) is 0 Å². The van der Waals surface area contributed by atoms with Crippen LogP contribution in [-0.4, -0.2) is 23.1 Å². The number of carbonyl (C=O) groups is 2. The molecule has 4 nitrogen and oxygen atoms in total. The second-order valence-corrected chi connectivity index (χ2v) is 4.56. The number of hydrogen-bond donors (Lipinski definition) is 1. The van der Waals surface area contributed by atoms with Gasteiger partial charge < -0.3 is 9.84 Å². The average molecular weight is 228 g/mol. The predicted molar refractivity (Wildman–Crippen MR) is 58.9 cm³/mol. The number of carbonyl (C=O) groups excluding carboxylic acids is 1. The highest BCUT2D eigenvalue weighted by molar-refractivity contribution is 5.72. The van der Waals surface area contributed by atoms with Gasteiger partial charge in [-0.3, -0.25) is 9.59 Å². The zero-order chi connectivity index (χ0) is 12.1. The zero-order valence-electron chi connectivity index (χ0n) is 9.94. The molecule has 0 amide bonds. The van der Waals surface area contributed by atoms with E-state index in [-0.39, 0.29) is 23.9 Å². The third-order valence-electron chi connectivity index (χ3n) is 3.32. The highest BCUT2D eigenvalue weighted by Crippen LogP contribution is 2.27. The van der Waals surface area contributed by atoms with Crippen molar-refractivity contribution in [1.29, 1.82) is 0 Å². The smallest absolute Gasteiger partial charge is 0.308 e. The van der Waals surface area contributed by atoms with Crippen molar-refractivity contribution < 1.29 is 19.4 Å². The second-order valence-electron chi connectivity index (χ2n) is 4.56. The number of esters is 1. The molecule has 0 aromatic heterocycles. The molecule has 1 rings (SSSR count). The van der Waals surface area contributed by atoms with Crippen LogP contribution in [0.15, 0.2) is 0 Å². The molecule has 0 bridgehead atoms. The molecular formula is C12H20O4. The Kier molecular flexibility index (Phi) is 4.77. The molecule has 0 saturated heterocycles. The van der Waals surface area contributed by atoms with Crippen LogP contribution >= 0.6 is 0 Å². The summed E-state index contributed by atoms with van der Waals surface area (Å²) in [6.07, 6.45) is 3.31. The fourth-order valence-corrected chi connectivity index (χ4v) is 1.87. The van der Waals surface area contributed by atoms with E-state index >= 15 is 0 Å². The lowest BCUT2D eigenvalue weighted by molar-refractivity contribution is -0.156. The van der Waals surface area contributed by atoms with Crippen molar-refractivity contribution in [2.24, 2.45) is 11.8 Å². The molecule has 0 aromatic carbocycles. The van der Waals surface area contributed by atoms with Crippen molar-refractivity contribution in [2.75, 3.05) is 0 Å². The number of aliphatic carboxylic acids is 1. The van der Waals surface area contributed by atoms with Crippen molar-refractivity contribution in [3.05, 3.63) is 0 Å². The SMILES string of the molecule is CCC(C)C(=O)OC1CCC(C(=O)O)CC1. The molecular weight excluding hydrogens is 208 g/mol. The topological polar surface area (TPSA) is 63.6 Å². The Balaban J connectivity index is 2.32. The molecule has 1 aliphatic rings. The third kappa shape index (κ3) is 3.51. The van der Waals surface area contributed by atoms with Gasteiger partial charge in [-0.05, 0) is 32.1 Å². The molecule has 1 unspecified atom stereocenters. The molecule has 92 valence electrons. The first-order valence-corrected chi connectivity index (χ1v) is 5.97. The molecule has 0 aromatic rings. The number of carboxylic acid groups (broad SMARTS) is 1. The molecule has 0 radical (unpaired) electrons. The Bertz CT molecular complexity index is 254. The van der Waals surface area contributed by atoms with Gasteiger partial charge in [0.1, 0.15) is 6.10 Å². The predicted octanol–water partition coefficient (Wildman–Crippen LogP) is 2.22. The summed E-state index contributed by atoms with van der Waals surface area (Å²) < 4.78 is 5.34. The lowest BCUT2D eigenvalue weighted by Gasteiger charge is -2.26. The van der Waals surface area contributed by atoms with Crippen LogP contribution in [0.1, 0.15) is 46.0 Å². The fraction of sp³-hybridized carbons (Fsp3) is 0.833. The lowest BCUT2D eigenvalue weighted by Crippen LogP contribution is -2.29. The van der Waals surface area contributed by atoms with E-state index in [2.05, 4.69) is 0 Å². The van der Waals surface area contributed by atoms with Crippen molar-refractivity contribution in [2.45, 2.75) is 52.1 Å². The molecule has 1 aliphatic carbocycles. The van der Waals surface area contributed by atoms with Gasteiger partial charge in [0.15, 0.2) is 0 Å². The first kappa shape index (κ1) is 13.0. The van der Waals surface area contributed by atoms with Gasteiger partial charge in [0.05, 0.1) is 11.8 Å². The van der Waals surface area contributed by atoms with Crippen LogP contribution in [0, 0.1) is 11.8 Å². The molecule has 0 spiro atoms. The van der Waals surface area contributed by atoms with Gasteiger partial charge in [0, 0.05) is 0 Å². The van der Waals surface area contributed by atoms with E-state index in [1.807, 2.05) is 13.8 Å². The van der Waals surface area contributed by atoms with E-state index in [1.165, 1.54) is 0 Å². The quantitative estimate of drug-likeness (QED) is 0.749. The zero-order valence-corrected chi connectivity index (χ0v) is 9.94. The lowest BCUT2D eigenvalue weighted by atomic mass is 9.87. The number of rotatable bonds is 4.